The lowest BCUT2D eigenvalue weighted by atomic mass is 10.1. The van der Waals surface area contributed by atoms with Crippen LogP contribution in [-0.4, -0.2) is 40.3 Å². The quantitative estimate of drug-likeness (QED) is 0.735. The summed E-state index contributed by atoms with van der Waals surface area (Å²) < 4.78 is 29.1. The third kappa shape index (κ3) is 4.62. The fraction of sp³-hybridized carbons (Fsp3) is 0.400. The van der Waals surface area contributed by atoms with E-state index in [1.807, 2.05) is 13.8 Å². The number of carbonyl (C=O) groups is 1. The molecular weight excluding hydrogens is 332 g/mol. The third-order valence-electron chi connectivity index (χ3n) is 3.36. The van der Waals surface area contributed by atoms with E-state index < -0.39 is 22.0 Å². The van der Waals surface area contributed by atoms with Crippen molar-refractivity contribution in [2.45, 2.75) is 37.8 Å². The van der Waals surface area contributed by atoms with Gasteiger partial charge >= 0.3 is 5.97 Å². The Labute approximate surface area is 140 Å². The van der Waals surface area contributed by atoms with Gasteiger partial charge in [0, 0.05) is 0 Å². The van der Waals surface area contributed by atoms with Crippen LogP contribution in [0.3, 0.4) is 0 Å². The van der Waals surface area contributed by atoms with Gasteiger partial charge in [-0.2, -0.15) is 9.82 Å². The summed E-state index contributed by atoms with van der Waals surface area (Å²) >= 11 is 0. The molecule has 130 valence electrons. The molecule has 0 saturated carbocycles. The molecule has 0 aliphatic rings. The molecule has 1 heterocycles. The summed E-state index contributed by atoms with van der Waals surface area (Å²) in [5.74, 6) is -1.15. The van der Waals surface area contributed by atoms with E-state index in [0.717, 1.165) is 0 Å². The van der Waals surface area contributed by atoms with Crippen LogP contribution in [0.4, 0.5) is 0 Å². The maximum atomic E-state index is 12.7. The predicted molar refractivity (Wildman–Crippen MR) is 86.8 cm³/mol. The standard InChI is InChI=1S/C15H20N4O4S/c1-11(2)7-13(15(20)21)18-24(22,23)14-6-4-3-5-12(14)8-19-10-16-9-17-19/h3-6,9-11,13,18H,7-8H2,1-2H3,(H,20,21)/t13-/m0/s1. The van der Waals surface area contributed by atoms with Crippen LogP contribution in [0.2, 0.25) is 0 Å². The van der Waals surface area contributed by atoms with E-state index in [4.69, 9.17) is 0 Å². The topological polar surface area (TPSA) is 114 Å². The Bertz CT molecular complexity index is 788. The first-order valence-electron chi connectivity index (χ1n) is 7.45. The number of carboxylic acid groups (broad SMARTS) is 1. The molecule has 8 nitrogen and oxygen atoms in total. The number of hydrogen-bond donors (Lipinski definition) is 2. The molecule has 0 unspecified atom stereocenters. The van der Waals surface area contributed by atoms with Gasteiger partial charge in [0.25, 0.3) is 0 Å². The van der Waals surface area contributed by atoms with Gasteiger partial charge in [0.1, 0.15) is 18.7 Å². The Balaban J connectivity index is 2.30. The number of hydrogen-bond acceptors (Lipinski definition) is 5. The number of nitrogens with zero attached hydrogens (tertiary/aromatic N) is 3. The van der Waals surface area contributed by atoms with E-state index >= 15 is 0 Å². The molecule has 1 aromatic carbocycles. The highest BCUT2D eigenvalue weighted by Gasteiger charge is 2.27. The Kier molecular flexibility index (Phi) is 5.68. The highest BCUT2D eigenvalue weighted by Crippen LogP contribution is 2.18. The van der Waals surface area contributed by atoms with E-state index in [-0.39, 0.29) is 23.8 Å². The van der Waals surface area contributed by atoms with Crippen LogP contribution in [0.25, 0.3) is 0 Å². The molecule has 2 N–H and O–H groups in total. The smallest absolute Gasteiger partial charge is 0.321 e. The minimum Gasteiger partial charge on any atom is -0.480 e. The Morgan fingerprint density at radius 3 is 2.62 bits per heavy atom. The number of aliphatic carboxylic acids is 1. The fourth-order valence-corrected chi connectivity index (χ4v) is 3.74. The molecule has 0 aliphatic heterocycles. The van der Waals surface area contributed by atoms with Crippen LogP contribution < -0.4 is 4.72 Å². The van der Waals surface area contributed by atoms with Gasteiger partial charge < -0.3 is 5.11 Å². The summed E-state index contributed by atoms with van der Waals surface area (Å²) in [4.78, 5) is 15.2. The summed E-state index contributed by atoms with van der Waals surface area (Å²) in [5.41, 5.74) is 0.504. The lowest BCUT2D eigenvalue weighted by Gasteiger charge is -2.18. The van der Waals surface area contributed by atoms with Gasteiger partial charge in [-0.1, -0.05) is 32.0 Å². The molecule has 0 fully saturated rings. The van der Waals surface area contributed by atoms with Crippen molar-refractivity contribution in [2.75, 3.05) is 0 Å². The molecular formula is C15H20N4O4S. The SMILES string of the molecule is CC(C)C[C@H](NS(=O)(=O)c1ccccc1Cn1cncn1)C(=O)O. The number of aromatic nitrogens is 3. The van der Waals surface area contributed by atoms with Gasteiger partial charge in [0.2, 0.25) is 10.0 Å². The van der Waals surface area contributed by atoms with Crippen molar-refractivity contribution in [3.63, 3.8) is 0 Å². The molecule has 24 heavy (non-hydrogen) atoms. The zero-order chi connectivity index (χ0) is 17.7. The van der Waals surface area contributed by atoms with Gasteiger partial charge in [0.05, 0.1) is 11.4 Å². The Hall–Kier alpha value is -2.26. The lowest BCUT2D eigenvalue weighted by molar-refractivity contribution is -0.139. The highest BCUT2D eigenvalue weighted by molar-refractivity contribution is 7.89. The maximum Gasteiger partial charge on any atom is 0.321 e. The largest absolute Gasteiger partial charge is 0.480 e. The number of nitrogens with one attached hydrogen (secondary N) is 1. The van der Waals surface area contributed by atoms with E-state index in [2.05, 4.69) is 14.8 Å². The van der Waals surface area contributed by atoms with E-state index in [1.165, 1.54) is 23.4 Å². The Morgan fingerprint density at radius 1 is 1.33 bits per heavy atom. The molecule has 0 amide bonds. The van der Waals surface area contributed by atoms with Gasteiger partial charge in [-0.25, -0.2) is 18.1 Å². The molecule has 0 aliphatic carbocycles. The molecule has 9 heteroatoms. The van der Waals surface area contributed by atoms with Gasteiger partial charge in [-0.05, 0) is 24.0 Å². The van der Waals surface area contributed by atoms with Crippen LogP contribution in [-0.2, 0) is 21.4 Å². The second-order valence-electron chi connectivity index (χ2n) is 5.84. The molecule has 1 atom stereocenters. The summed E-state index contributed by atoms with van der Waals surface area (Å²) in [7, 11) is -3.98. The minimum absolute atomic E-state index is 0.0375. The summed E-state index contributed by atoms with van der Waals surface area (Å²) in [6.45, 7) is 3.89. The highest BCUT2D eigenvalue weighted by atomic mass is 32.2. The minimum atomic E-state index is -3.98. The number of sulfonamides is 1. The number of benzene rings is 1. The van der Waals surface area contributed by atoms with Crippen LogP contribution >= 0.6 is 0 Å². The van der Waals surface area contributed by atoms with Gasteiger partial charge in [-0.15, -0.1) is 0 Å². The second kappa shape index (κ2) is 7.54. The second-order valence-corrected chi connectivity index (χ2v) is 7.52. The summed E-state index contributed by atoms with van der Waals surface area (Å²) in [5, 5.41) is 13.2. The molecule has 2 aromatic rings. The average Bonchev–Trinajstić information content (AvgIpc) is 2.99. The van der Waals surface area contributed by atoms with Crippen molar-refractivity contribution >= 4 is 16.0 Å². The van der Waals surface area contributed by atoms with Crippen molar-refractivity contribution in [1.82, 2.24) is 19.5 Å². The molecule has 2 rings (SSSR count). The van der Waals surface area contributed by atoms with Crippen LogP contribution in [0.15, 0.2) is 41.8 Å². The summed E-state index contributed by atoms with van der Waals surface area (Å²) in [6.07, 6.45) is 3.05. The fourth-order valence-electron chi connectivity index (χ4n) is 2.31. The molecule has 0 bridgehead atoms. The van der Waals surface area contributed by atoms with Crippen LogP contribution in [0, 0.1) is 5.92 Å². The average molecular weight is 352 g/mol. The molecule has 1 aromatic heterocycles. The first kappa shape index (κ1) is 18.1. The van der Waals surface area contributed by atoms with Gasteiger partial charge in [0.15, 0.2) is 0 Å². The zero-order valence-electron chi connectivity index (χ0n) is 13.5. The van der Waals surface area contributed by atoms with E-state index in [9.17, 15) is 18.3 Å². The summed E-state index contributed by atoms with van der Waals surface area (Å²) in [6, 6.07) is 5.25. The van der Waals surface area contributed by atoms with Crippen LogP contribution in [0.1, 0.15) is 25.8 Å². The first-order valence-corrected chi connectivity index (χ1v) is 8.93. The number of carboxylic acids is 1. The van der Waals surface area contributed by atoms with Crippen molar-refractivity contribution < 1.29 is 18.3 Å². The van der Waals surface area contributed by atoms with E-state index in [1.54, 1.807) is 18.2 Å². The molecule has 0 saturated heterocycles. The van der Waals surface area contributed by atoms with Crippen molar-refractivity contribution in [3.05, 3.63) is 42.5 Å². The molecule has 0 radical (unpaired) electrons. The predicted octanol–water partition coefficient (Wildman–Crippen LogP) is 1.10. The number of rotatable bonds is 8. The van der Waals surface area contributed by atoms with E-state index in [0.29, 0.717) is 5.56 Å². The maximum absolute atomic E-state index is 12.7. The van der Waals surface area contributed by atoms with Crippen molar-refractivity contribution in [2.24, 2.45) is 5.92 Å². The van der Waals surface area contributed by atoms with Crippen molar-refractivity contribution in [1.29, 1.82) is 0 Å². The molecule has 0 spiro atoms. The monoisotopic (exact) mass is 352 g/mol. The van der Waals surface area contributed by atoms with Crippen molar-refractivity contribution in [3.8, 4) is 0 Å². The third-order valence-corrected chi connectivity index (χ3v) is 4.94. The lowest BCUT2D eigenvalue weighted by Crippen LogP contribution is -2.41. The van der Waals surface area contributed by atoms with Crippen LogP contribution in [0.5, 0.6) is 0 Å². The van der Waals surface area contributed by atoms with Gasteiger partial charge in [-0.3, -0.25) is 4.79 Å². The normalized spacial score (nSPS) is 13.1. The Morgan fingerprint density at radius 2 is 2.04 bits per heavy atom. The first-order chi connectivity index (χ1) is 11.3. The zero-order valence-corrected chi connectivity index (χ0v) is 14.3.